The van der Waals surface area contributed by atoms with E-state index in [-0.39, 0.29) is 18.2 Å². The van der Waals surface area contributed by atoms with Gasteiger partial charge < -0.3 is 10.4 Å². The lowest BCUT2D eigenvalue weighted by atomic mass is 10.1. The lowest BCUT2D eigenvalue weighted by Gasteiger charge is -2.11. The van der Waals surface area contributed by atoms with Crippen molar-refractivity contribution in [3.8, 4) is 0 Å². The summed E-state index contributed by atoms with van der Waals surface area (Å²) in [4.78, 5) is 23.2. The summed E-state index contributed by atoms with van der Waals surface area (Å²) in [6.45, 7) is 1.90. The van der Waals surface area contributed by atoms with E-state index in [2.05, 4.69) is 5.32 Å². The standard InChI is InChI=1S/C13H15Cl2NO3S/c1-2-8(13(18)19)6-16-12(17)7-20-11-5-9(14)3-4-10(11)15/h3-5,8H,2,6-7H2,1H3,(H,16,17)(H,18,19). The van der Waals surface area contributed by atoms with Gasteiger partial charge in [0.1, 0.15) is 0 Å². The van der Waals surface area contributed by atoms with Crippen molar-refractivity contribution in [2.75, 3.05) is 12.3 Å². The number of amides is 1. The Morgan fingerprint density at radius 2 is 2.10 bits per heavy atom. The second-order valence-corrected chi connectivity index (χ2v) is 5.97. The quantitative estimate of drug-likeness (QED) is 0.750. The van der Waals surface area contributed by atoms with Gasteiger partial charge in [-0.2, -0.15) is 0 Å². The van der Waals surface area contributed by atoms with E-state index in [9.17, 15) is 9.59 Å². The number of carboxylic acid groups (broad SMARTS) is 1. The van der Waals surface area contributed by atoms with E-state index in [1.807, 2.05) is 0 Å². The molecule has 0 saturated carbocycles. The first-order chi connectivity index (χ1) is 9.43. The normalized spacial score (nSPS) is 11.9. The molecular formula is C13H15Cl2NO3S. The molecule has 0 heterocycles. The minimum absolute atomic E-state index is 0.133. The zero-order chi connectivity index (χ0) is 15.1. The molecule has 0 spiro atoms. The molecular weight excluding hydrogens is 321 g/mol. The Morgan fingerprint density at radius 1 is 1.40 bits per heavy atom. The first-order valence-electron chi connectivity index (χ1n) is 6.01. The van der Waals surface area contributed by atoms with Gasteiger partial charge in [0.15, 0.2) is 0 Å². The van der Waals surface area contributed by atoms with Crippen LogP contribution in [0.5, 0.6) is 0 Å². The molecule has 0 aliphatic rings. The van der Waals surface area contributed by atoms with E-state index < -0.39 is 11.9 Å². The van der Waals surface area contributed by atoms with Crippen molar-refractivity contribution in [3.05, 3.63) is 28.2 Å². The monoisotopic (exact) mass is 335 g/mol. The SMILES string of the molecule is CCC(CNC(=O)CSc1cc(Cl)ccc1Cl)C(=O)O. The number of carbonyl (C=O) groups is 2. The number of carbonyl (C=O) groups excluding carboxylic acids is 1. The van der Waals surface area contributed by atoms with Gasteiger partial charge in [0.2, 0.25) is 5.91 Å². The zero-order valence-corrected chi connectivity index (χ0v) is 13.2. The van der Waals surface area contributed by atoms with Crippen LogP contribution >= 0.6 is 35.0 Å². The average molecular weight is 336 g/mol. The van der Waals surface area contributed by atoms with Crippen LogP contribution in [0, 0.1) is 5.92 Å². The van der Waals surface area contributed by atoms with Gasteiger partial charge in [-0.15, -0.1) is 11.8 Å². The molecule has 2 N–H and O–H groups in total. The molecule has 0 aliphatic carbocycles. The first-order valence-corrected chi connectivity index (χ1v) is 7.75. The Hall–Kier alpha value is -0.910. The van der Waals surface area contributed by atoms with E-state index in [4.69, 9.17) is 28.3 Å². The topological polar surface area (TPSA) is 66.4 Å². The van der Waals surface area contributed by atoms with E-state index in [0.717, 1.165) is 4.90 Å². The number of nitrogens with one attached hydrogen (secondary N) is 1. The van der Waals surface area contributed by atoms with Crippen LogP contribution in [0.4, 0.5) is 0 Å². The molecule has 1 rings (SSSR count). The van der Waals surface area contributed by atoms with Crippen molar-refractivity contribution in [3.63, 3.8) is 0 Å². The van der Waals surface area contributed by atoms with Gasteiger partial charge in [0.05, 0.1) is 16.7 Å². The maximum atomic E-state index is 11.7. The molecule has 1 aromatic rings. The third-order valence-corrected chi connectivity index (χ3v) is 4.37. The summed E-state index contributed by atoms with van der Waals surface area (Å²) in [5.41, 5.74) is 0. The molecule has 110 valence electrons. The summed E-state index contributed by atoms with van der Waals surface area (Å²) >= 11 is 13.1. The molecule has 0 bridgehead atoms. The van der Waals surface area contributed by atoms with Gasteiger partial charge in [0, 0.05) is 16.5 Å². The van der Waals surface area contributed by atoms with Crippen LogP contribution in [0.2, 0.25) is 10.0 Å². The van der Waals surface area contributed by atoms with E-state index in [1.54, 1.807) is 25.1 Å². The van der Waals surface area contributed by atoms with Gasteiger partial charge in [-0.3, -0.25) is 9.59 Å². The number of thioether (sulfide) groups is 1. The summed E-state index contributed by atoms with van der Waals surface area (Å²) < 4.78 is 0. The van der Waals surface area contributed by atoms with Gasteiger partial charge >= 0.3 is 5.97 Å². The summed E-state index contributed by atoms with van der Waals surface area (Å²) in [6.07, 6.45) is 0.475. The molecule has 7 heteroatoms. The summed E-state index contributed by atoms with van der Waals surface area (Å²) in [6, 6.07) is 5.03. The number of hydrogen-bond donors (Lipinski definition) is 2. The summed E-state index contributed by atoms with van der Waals surface area (Å²) in [7, 11) is 0. The molecule has 0 aliphatic heterocycles. The lowest BCUT2D eigenvalue weighted by Crippen LogP contribution is -2.33. The number of hydrogen-bond acceptors (Lipinski definition) is 3. The van der Waals surface area contributed by atoms with Crippen molar-refractivity contribution in [1.29, 1.82) is 0 Å². The van der Waals surface area contributed by atoms with Crippen molar-refractivity contribution in [2.45, 2.75) is 18.2 Å². The molecule has 0 radical (unpaired) electrons. The number of rotatable bonds is 7. The van der Waals surface area contributed by atoms with Crippen LogP contribution in [0.25, 0.3) is 0 Å². The predicted octanol–water partition coefficient (Wildman–Crippen LogP) is 3.31. The van der Waals surface area contributed by atoms with Crippen molar-refractivity contribution in [1.82, 2.24) is 5.32 Å². The molecule has 0 saturated heterocycles. The first kappa shape index (κ1) is 17.1. The highest BCUT2D eigenvalue weighted by molar-refractivity contribution is 8.00. The number of carboxylic acids is 1. The zero-order valence-electron chi connectivity index (χ0n) is 10.9. The molecule has 0 fully saturated rings. The van der Waals surface area contributed by atoms with Gasteiger partial charge in [-0.05, 0) is 24.6 Å². The highest BCUT2D eigenvalue weighted by Gasteiger charge is 2.16. The molecule has 1 atom stereocenters. The van der Waals surface area contributed by atoms with Crippen LogP contribution in [0.3, 0.4) is 0 Å². The fourth-order valence-electron chi connectivity index (χ4n) is 1.43. The van der Waals surface area contributed by atoms with Crippen LogP contribution in [0.15, 0.2) is 23.1 Å². The van der Waals surface area contributed by atoms with Crippen molar-refractivity contribution >= 4 is 46.8 Å². The van der Waals surface area contributed by atoms with Crippen molar-refractivity contribution in [2.24, 2.45) is 5.92 Å². The molecule has 4 nitrogen and oxygen atoms in total. The van der Waals surface area contributed by atoms with Gasteiger partial charge in [-0.25, -0.2) is 0 Å². The third-order valence-electron chi connectivity index (χ3n) is 2.64. The minimum Gasteiger partial charge on any atom is -0.481 e. The average Bonchev–Trinajstić information content (AvgIpc) is 2.40. The summed E-state index contributed by atoms with van der Waals surface area (Å²) in [5, 5.41) is 12.6. The largest absolute Gasteiger partial charge is 0.481 e. The molecule has 0 aromatic heterocycles. The number of halogens is 2. The Bertz CT molecular complexity index is 497. The second kappa shape index (κ2) is 8.39. The fraction of sp³-hybridized carbons (Fsp3) is 0.385. The fourth-order valence-corrected chi connectivity index (χ4v) is 2.75. The second-order valence-electron chi connectivity index (χ2n) is 4.11. The third kappa shape index (κ3) is 5.61. The summed E-state index contributed by atoms with van der Waals surface area (Å²) in [5.74, 6) is -1.53. The number of benzene rings is 1. The Kier molecular flexibility index (Phi) is 7.19. The van der Waals surface area contributed by atoms with Crippen molar-refractivity contribution < 1.29 is 14.7 Å². The molecule has 1 aromatic carbocycles. The smallest absolute Gasteiger partial charge is 0.308 e. The highest BCUT2D eigenvalue weighted by atomic mass is 35.5. The maximum absolute atomic E-state index is 11.7. The minimum atomic E-state index is -0.904. The van der Waals surface area contributed by atoms with E-state index in [1.165, 1.54) is 11.8 Å². The molecule has 20 heavy (non-hydrogen) atoms. The predicted molar refractivity (Wildman–Crippen MR) is 81.6 cm³/mol. The Labute approximate surface area is 131 Å². The molecule has 1 amide bonds. The Balaban J connectivity index is 2.43. The van der Waals surface area contributed by atoms with Crippen LogP contribution < -0.4 is 5.32 Å². The van der Waals surface area contributed by atoms with E-state index in [0.29, 0.717) is 16.5 Å². The lowest BCUT2D eigenvalue weighted by molar-refractivity contribution is -0.141. The van der Waals surface area contributed by atoms with Crippen LogP contribution in [-0.4, -0.2) is 29.3 Å². The maximum Gasteiger partial charge on any atom is 0.308 e. The van der Waals surface area contributed by atoms with Crippen LogP contribution in [-0.2, 0) is 9.59 Å². The van der Waals surface area contributed by atoms with Gasteiger partial charge in [-0.1, -0.05) is 30.1 Å². The van der Waals surface area contributed by atoms with E-state index >= 15 is 0 Å². The number of aliphatic carboxylic acids is 1. The Morgan fingerprint density at radius 3 is 2.70 bits per heavy atom. The molecule has 1 unspecified atom stereocenters. The van der Waals surface area contributed by atoms with Gasteiger partial charge in [0.25, 0.3) is 0 Å². The highest BCUT2D eigenvalue weighted by Crippen LogP contribution is 2.29. The van der Waals surface area contributed by atoms with Crippen LogP contribution in [0.1, 0.15) is 13.3 Å².